The number of nitrogens with one attached hydrogen (secondary N) is 2. The second kappa shape index (κ2) is 11.8. The monoisotopic (exact) mass is 403 g/mol. The highest BCUT2D eigenvalue weighted by Gasteiger charge is 2.31. The molecule has 3 unspecified atom stereocenters. The van der Waals surface area contributed by atoms with E-state index in [1.807, 2.05) is 6.07 Å². The van der Waals surface area contributed by atoms with Crippen molar-refractivity contribution in [1.82, 2.24) is 15.5 Å². The number of rotatable bonds is 6. The highest BCUT2D eigenvalue weighted by molar-refractivity contribution is 5.85. The molecule has 2 aliphatic rings. The van der Waals surface area contributed by atoms with E-state index in [2.05, 4.69) is 46.7 Å². The molecule has 0 bridgehead atoms. The summed E-state index contributed by atoms with van der Waals surface area (Å²) in [6.07, 6.45) is 1.91. The van der Waals surface area contributed by atoms with E-state index >= 15 is 0 Å². The van der Waals surface area contributed by atoms with Gasteiger partial charge < -0.3 is 15.4 Å². The Labute approximate surface area is 169 Å². The zero-order valence-corrected chi connectivity index (χ0v) is 17.0. The molecule has 0 saturated carbocycles. The molecule has 0 spiro atoms. The molecule has 3 atom stereocenters. The summed E-state index contributed by atoms with van der Waals surface area (Å²) >= 11 is 0. The molecule has 3 rings (SSSR count). The minimum atomic E-state index is 0. The number of amides is 1. The highest BCUT2D eigenvalue weighted by Crippen LogP contribution is 2.16. The number of ether oxygens (including phenoxy) is 1. The SMILES string of the molecule is CCC(NC(=O)C1CCNC1)C1CN(Cc2ccccc2)CCO1.Cl.Cl. The van der Waals surface area contributed by atoms with Crippen molar-refractivity contribution < 1.29 is 9.53 Å². The first-order chi connectivity index (χ1) is 11.8. The smallest absolute Gasteiger partial charge is 0.224 e. The van der Waals surface area contributed by atoms with Crippen LogP contribution in [0.1, 0.15) is 25.3 Å². The number of hydrogen-bond donors (Lipinski definition) is 2. The molecule has 2 N–H and O–H groups in total. The Morgan fingerprint density at radius 2 is 2.12 bits per heavy atom. The van der Waals surface area contributed by atoms with E-state index in [4.69, 9.17) is 4.74 Å². The Balaban J connectivity index is 0.00000169. The van der Waals surface area contributed by atoms with Gasteiger partial charge >= 0.3 is 0 Å². The Hall–Kier alpha value is -0.850. The van der Waals surface area contributed by atoms with Gasteiger partial charge in [-0.2, -0.15) is 0 Å². The van der Waals surface area contributed by atoms with Gasteiger partial charge in [-0.15, -0.1) is 24.8 Å². The Morgan fingerprint density at radius 3 is 2.77 bits per heavy atom. The normalized spacial score (nSPS) is 24.2. The van der Waals surface area contributed by atoms with Crippen molar-refractivity contribution in [3.63, 3.8) is 0 Å². The van der Waals surface area contributed by atoms with Crippen molar-refractivity contribution in [3.8, 4) is 0 Å². The van der Waals surface area contributed by atoms with Gasteiger partial charge in [0.15, 0.2) is 0 Å². The first-order valence-electron chi connectivity index (χ1n) is 9.15. The number of nitrogens with zero attached hydrogens (tertiary/aromatic N) is 1. The largest absolute Gasteiger partial charge is 0.373 e. The second-order valence-electron chi connectivity index (χ2n) is 6.84. The van der Waals surface area contributed by atoms with Gasteiger partial charge in [-0.3, -0.25) is 9.69 Å². The topological polar surface area (TPSA) is 53.6 Å². The average molecular weight is 404 g/mol. The molecule has 0 aliphatic carbocycles. The van der Waals surface area contributed by atoms with Gasteiger partial charge in [0.1, 0.15) is 0 Å². The number of morpholine rings is 1. The molecule has 1 aromatic rings. The quantitative estimate of drug-likeness (QED) is 0.764. The van der Waals surface area contributed by atoms with Crippen molar-refractivity contribution in [3.05, 3.63) is 35.9 Å². The van der Waals surface area contributed by atoms with E-state index in [-0.39, 0.29) is 48.8 Å². The lowest BCUT2D eigenvalue weighted by atomic mass is 10.0. The van der Waals surface area contributed by atoms with Crippen molar-refractivity contribution in [2.24, 2.45) is 5.92 Å². The molecule has 2 aliphatic heterocycles. The average Bonchev–Trinajstić information content (AvgIpc) is 3.15. The molecule has 0 aromatic heterocycles. The number of halogens is 2. The van der Waals surface area contributed by atoms with Gasteiger partial charge in [-0.05, 0) is 24.9 Å². The molecule has 2 heterocycles. The summed E-state index contributed by atoms with van der Waals surface area (Å²) in [5.74, 6) is 0.290. The Bertz CT molecular complexity index is 527. The fourth-order valence-corrected chi connectivity index (χ4v) is 3.60. The predicted octanol–water partition coefficient (Wildman–Crippen LogP) is 2.24. The molecule has 1 amide bonds. The third-order valence-corrected chi connectivity index (χ3v) is 5.07. The predicted molar refractivity (Wildman–Crippen MR) is 109 cm³/mol. The second-order valence-corrected chi connectivity index (χ2v) is 6.84. The Morgan fingerprint density at radius 1 is 1.35 bits per heavy atom. The molecule has 26 heavy (non-hydrogen) atoms. The van der Waals surface area contributed by atoms with E-state index < -0.39 is 0 Å². The van der Waals surface area contributed by atoms with Crippen LogP contribution in [0.5, 0.6) is 0 Å². The summed E-state index contributed by atoms with van der Waals surface area (Å²) in [7, 11) is 0. The lowest BCUT2D eigenvalue weighted by molar-refractivity contribution is -0.127. The van der Waals surface area contributed by atoms with E-state index in [0.717, 1.165) is 52.2 Å². The van der Waals surface area contributed by atoms with E-state index in [9.17, 15) is 4.79 Å². The number of carbonyl (C=O) groups is 1. The summed E-state index contributed by atoms with van der Waals surface area (Å²) in [6, 6.07) is 10.6. The molecule has 148 valence electrons. The van der Waals surface area contributed by atoms with Crippen molar-refractivity contribution >= 4 is 30.7 Å². The van der Waals surface area contributed by atoms with Crippen LogP contribution in [-0.2, 0) is 16.1 Å². The zero-order chi connectivity index (χ0) is 16.8. The lowest BCUT2D eigenvalue weighted by Crippen LogP contribution is -2.54. The summed E-state index contributed by atoms with van der Waals surface area (Å²) < 4.78 is 5.99. The van der Waals surface area contributed by atoms with Gasteiger partial charge in [0, 0.05) is 26.2 Å². The maximum Gasteiger partial charge on any atom is 0.224 e. The zero-order valence-electron chi connectivity index (χ0n) is 15.4. The minimum absolute atomic E-state index is 0. The maximum atomic E-state index is 12.4. The van der Waals surface area contributed by atoms with Crippen LogP contribution in [0.25, 0.3) is 0 Å². The van der Waals surface area contributed by atoms with Crippen LogP contribution in [0, 0.1) is 5.92 Å². The van der Waals surface area contributed by atoms with Gasteiger partial charge in [0.2, 0.25) is 5.91 Å². The standard InChI is InChI=1S/C19H29N3O2.2ClH/c1-2-17(21-19(23)16-8-9-20-12-16)18-14-22(10-11-24-18)13-15-6-4-3-5-7-15;;/h3-7,16-18,20H,2,8-14H2,1H3,(H,21,23);2*1H. The molecule has 0 radical (unpaired) electrons. The fraction of sp³-hybridized carbons (Fsp3) is 0.632. The molecular weight excluding hydrogens is 373 g/mol. The summed E-state index contributed by atoms with van der Waals surface area (Å²) in [6.45, 7) is 7.36. The molecular formula is C19H31Cl2N3O2. The first kappa shape index (κ1) is 23.2. The molecule has 2 saturated heterocycles. The summed E-state index contributed by atoms with van der Waals surface area (Å²) in [4.78, 5) is 14.8. The van der Waals surface area contributed by atoms with Gasteiger partial charge in [0.05, 0.1) is 24.7 Å². The van der Waals surface area contributed by atoms with Crippen LogP contribution in [0.15, 0.2) is 30.3 Å². The Kier molecular flexibility index (Phi) is 10.5. The number of carbonyl (C=O) groups excluding carboxylic acids is 1. The van der Waals surface area contributed by atoms with Crippen LogP contribution < -0.4 is 10.6 Å². The third-order valence-electron chi connectivity index (χ3n) is 5.07. The first-order valence-corrected chi connectivity index (χ1v) is 9.15. The van der Waals surface area contributed by atoms with Crippen molar-refractivity contribution in [1.29, 1.82) is 0 Å². The number of hydrogen-bond acceptors (Lipinski definition) is 4. The van der Waals surface area contributed by atoms with E-state index in [1.54, 1.807) is 0 Å². The van der Waals surface area contributed by atoms with Gasteiger partial charge in [-0.1, -0.05) is 37.3 Å². The van der Waals surface area contributed by atoms with Crippen LogP contribution in [0.2, 0.25) is 0 Å². The molecule has 5 nitrogen and oxygen atoms in total. The third kappa shape index (κ3) is 6.39. The van der Waals surface area contributed by atoms with Gasteiger partial charge in [-0.25, -0.2) is 0 Å². The highest BCUT2D eigenvalue weighted by atomic mass is 35.5. The summed E-state index contributed by atoms with van der Waals surface area (Å²) in [5.41, 5.74) is 1.33. The van der Waals surface area contributed by atoms with Gasteiger partial charge in [0.25, 0.3) is 0 Å². The maximum absolute atomic E-state index is 12.4. The number of benzene rings is 1. The van der Waals surface area contributed by atoms with Crippen LogP contribution in [0.4, 0.5) is 0 Å². The van der Waals surface area contributed by atoms with Crippen molar-refractivity contribution in [2.45, 2.75) is 38.5 Å². The van der Waals surface area contributed by atoms with E-state index in [1.165, 1.54) is 5.56 Å². The van der Waals surface area contributed by atoms with E-state index in [0.29, 0.717) is 0 Å². The molecule has 1 aromatic carbocycles. The van der Waals surface area contributed by atoms with Crippen LogP contribution in [-0.4, -0.2) is 55.7 Å². The van der Waals surface area contributed by atoms with Crippen LogP contribution in [0.3, 0.4) is 0 Å². The molecule has 7 heteroatoms. The summed E-state index contributed by atoms with van der Waals surface area (Å²) in [5, 5.41) is 6.49. The fourth-order valence-electron chi connectivity index (χ4n) is 3.60. The van der Waals surface area contributed by atoms with Crippen molar-refractivity contribution in [2.75, 3.05) is 32.8 Å². The van der Waals surface area contributed by atoms with Crippen LogP contribution >= 0.6 is 24.8 Å². The lowest BCUT2D eigenvalue weighted by Gasteiger charge is -2.37. The molecule has 2 fully saturated rings. The minimum Gasteiger partial charge on any atom is -0.373 e.